The number of ether oxygens (including phenoxy) is 2. The van der Waals surface area contributed by atoms with Crippen molar-refractivity contribution in [3.63, 3.8) is 0 Å². The highest BCUT2D eigenvalue weighted by Crippen LogP contribution is 2.32. The number of benzene rings is 1. The van der Waals surface area contributed by atoms with Gasteiger partial charge in [0.25, 0.3) is 5.91 Å². The molecule has 2 heterocycles. The van der Waals surface area contributed by atoms with E-state index in [1.165, 1.54) is 0 Å². The molecule has 0 aromatic heterocycles. The zero-order chi connectivity index (χ0) is 13.2. The van der Waals surface area contributed by atoms with Crippen LogP contribution in [0, 0.1) is 0 Å². The minimum absolute atomic E-state index is 0.0257. The summed E-state index contributed by atoms with van der Waals surface area (Å²) in [7, 11) is 0. The fourth-order valence-corrected chi connectivity index (χ4v) is 2.21. The third-order valence-corrected chi connectivity index (χ3v) is 3.22. The van der Waals surface area contributed by atoms with Crippen LogP contribution >= 0.6 is 0 Å². The van der Waals surface area contributed by atoms with Gasteiger partial charge in [-0.3, -0.25) is 9.59 Å². The molecule has 0 bridgehead atoms. The minimum Gasteiger partial charge on any atom is -0.454 e. The molecular weight excluding hydrogens is 248 g/mol. The Kier molecular flexibility index (Phi) is 2.98. The van der Waals surface area contributed by atoms with Crippen molar-refractivity contribution in [2.75, 3.05) is 13.3 Å². The van der Waals surface area contributed by atoms with Gasteiger partial charge in [0.15, 0.2) is 11.5 Å². The van der Waals surface area contributed by atoms with Crippen LogP contribution in [0.2, 0.25) is 0 Å². The predicted molar refractivity (Wildman–Crippen MR) is 66.1 cm³/mol. The average Bonchev–Trinajstić information content (AvgIpc) is 2.85. The molecule has 2 amide bonds. The number of carbonyl (C=O) groups is 2. The predicted octanol–water partition coefficient (Wildman–Crippen LogP) is 0.424. The molecule has 19 heavy (non-hydrogen) atoms. The number of hydrogen-bond donors (Lipinski definition) is 2. The van der Waals surface area contributed by atoms with Crippen LogP contribution in [0.5, 0.6) is 11.5 Å². The highest BCUT2D eigenvalue weighted by molar-refractivity contribution is 5.95. The van der Waals surface area contributed by atoms with Crippen molar-refractivity contribution in [3.8, 4) is 11.5 Å². The lowest BCUT2D eigenvalue weighted by molar-refractivity contribution is -0.122. The van der Waals surface area contributed by atoms with Gasteiger partial charge in [0.2, 0.25) is 12.7 Å². The van der Waals surface area contributed by atoms with Crippen LogP contribution in [0.3, 0.4) is 0 Å². The Labute approximate surface area is 110 Å². The molecule has 2 aliphatic rings. The number of amides is 2. The lowest BCUT2D eigenvalue weighted by atomic mass is 10.1. The van der Waals surface area contributed by atoms with Crippen LogP contribution < -0.4 is 20.1 Å². The van der Waals surface area contributed by atoms with Gasteiger partial charge in [-0.15, -0.1) is 0 Å². The number of piperidine rings is 1. The number of rotatable bonds is 2. The van der Waals surface area contributed by atoms with E-state index in [-0.39, 0.29) is 24.6 Å². The molecule has 0 radical (unpaired) electrons. The van der Waals surface area contributed by atoms with E-state index in [1.54, 1.807) is 18.2 Å². The van der Waals surface area contributed by atoms with Crippen molar-refractivity contribution < 1.29 is 19.1 Å². The van der Waals surface area contributed by atoms with Gasteiger partial charge in [-0.25, -0.2) is 0 Å². The van der Waals surface area contributed by atoms with Crippen molar-refractivity contribution in [2.45, 2.75) is 18.9 Å². The number of hydrogen-bond acceptors (Lipinski definition) is 4. The average molecular weight is 262 g/mol. The van der Waals surface area contributed by atoms with Gasteiger partial charge in [-0.1, -0.05) is 0 Å². The SMILES string of the molecule is O=C1CC(NC(=O)c2ccc3c(c2)OCO3)CCN1. The van der Waals surface area contributed by atoms with Crippen LogP contribution in [0.25, 0.3) is 0 Å². The normalized spacial score (nSPS) is 20.8. The van der Waals surface area contributed by atoms with Crippen LogP contribution in [0.15, 0.2) is 18.2 Å². The molecule has 0 aliphatic carbocycles. The molecule has 2 aliphatic heterocycles. The first-order valence-electron chi connectivity index (χ1n) is 6.19. The summed E-state index contributed by atoms with van der Waals surface area (Å²) in [6.45, 7) is 0.786. The molecule has 1 saturated heterocycles. The summed E-state index contributed by atoms with van der Waals surface area (Å²) in [4.78, 5) is 23.3. The van der Waals surface area contributed by atoms with Crippen LogP contribution in [0.1, 0.15) is 23.2 Å². The van der Waals surface area contributed by atoms with E-state index in [4.69, 9.17) is 9.47 Å². The second-order valence-corrected chi connectivity index (χ2v) is 4.58. The standard InChI is InChI=1S/C13H14N2O4/c16-12-6-9(3-4-14-12)15-13(17)8-1-2-10-11(5-8)19-7-18-10/h1-2,5,9H,3-4,6-7H2,(H,14,16)(H,15,17). The second-order valence-electron chi connectivity index (χ2n) is 4.58. The summed E-state index contributed by atoms with van der Waals surface area (Å²) >= 11 is 0. The van der Waals surface area contributed by atoms with E-state index in [1.807, 2.05) is 0 Å². The van der Waals surface area contributed by atoms with E-state index < -0.39 is 0 Å². The third kappa shape index (κ3) is 2.47. The lowest BCUT2D eigenvalue weighted by Gasteiger charge is -2.23. The van der Waals surface area contributed by atoms with Gasteiger partial charge in [0.1, 0.15) is 0 Å². The lowest BCUT2D eigenvalue weighted by Crippen LogP contribution is -2.45. The Morgan fingerprint density at radius 2 is 2.16 bits per heavy atom. The molecule has 0 spiro atoms. The largest absolute Gasteiger partial charge is 0.454 e. The van der Waals surface area contributed by atoms with E-state index in [0.29, 0.717) is 30.0 Å². The molecule has 1 fully saturated rings. The van der Waals surface area contributed by atoms with Crippen LogP contribution in [-0.2, 0) is 4.79 Å². The summed E-state index contributed by atoms with van der Waals surface area (Å²) in [6, 6.07) is 4.95. The summed E-state index contributed by atoms with van der Waals surface area (Å²) in [6.07, 6.45) is 1.08. The molecule has 1 aromatic rings. The Bertz CT molecular complexity index is 529. The second kappa shape index (κ2) is 4.79. The summed E-state index contributed by atoms with van der Waals surface area (Å²) in [5, 5.41) is 5.59. The highest BCUT2D eigenvalue weighted by atomic mass is 16.7. The maximum absolute atomic E-state index is 12.1. The highest BCUT2D eigenvalue weighted by Gasteiger charge is 2.22. The fourth-order valence-electron chi connectivity index (χ4n) is 2.21. The zero-order valence-electron chi connectivity index (χ0n) is 10.3. The molecule has 3 rings (SSSR count). The van der Waals surface area contributed by atoms with Crippen molar-refractivity contribution in [1.82, 2.24) is 10.6 Å². The monoisotopic (exact) mass is 262 g/mol. The van der Waals surface area contributed by atoms with E-state index in [2.05, 4.69) is 10.6 Å². The fraction of sp³-hybridized carbons (Fsp3) is 0.385. The molecule has 6 heteroatoms. The first-order valence-corrected chi connectivity index (χ1v) is 6.19. The Balaban J connectivity index is 1.68. The van der Waals surface area contributed by atoms with Crippen molar-refractivity contribution in [3.05, 3.63) is 23.8 Å². The molecule has 0 saturated carbocycles. The van der Waals surface area contributed by atoms with Crippen LogP contribution in [-0.4, -0.2) is 31.2 Å². The van der Waals surface area contributed by atoms with Crippen molar-refractivity contribution in [1.29, 1.82) is 0 Å². The maximum Gasteiger partial charge on any atom is 0.251 e. The molecule has 6 nitrogen and oxygen atoms in total. The third-order valence-electron chi connectivity index (χ3n) is 3.22. The first kappa shape index (κ1) is 11.8. The number of nitrogens with one attached hydrogen (secondary N) is 2. The van der Waals surface area contributed by atoms with Gasteiger partial charge >= 0.3 is 0 Å². The first-order chi connectivity index (χ1) is 9.22. The van der Waals surface area contributed by atoms with Gasteiger partial charge < -0.3 is 20.1 Å². The Morgan fingerprint density at radius 1 is 1.32 bits per heavy atom. The number of carbonyl (C=O) groups excluding carboxylic acids is 2. The van der Waals surface area contributed by atoms with Gasteiger partial charge in [0, 0.05) is 24.6 Å². The molecule has 100 valence electrons. The van der Waals surface area contributed by atoms with Gasteiger partial charge in [-0.2, -0.15) is 0 Å². The summed E-state index contributed by atoms with van der Waals surface area (Å²) in [5.41, 5.74) is 0.509. The summed E-state index contributed by atoms with van der Waals surface area (Å²) < 4.78 is 10.4. The van der Waals surface area contributed by atoms with Gasteiger partial charge in [0.05, 0.1) is 0 Å². The van der Waals surface area contributed by atoms with E-state index >= 15 is 0 Å². The quantitative estimate of drug-likeness (QED) is 0.810. The van der Waals surface area contributed by atoms with E-state index in [9.17, 15) is 9.59 Å². The molecule has 1 aromatic carbocycles. The Hall–Kier alpha value is -2.24. The smallest absolute Gasteiger partial charge is 0.251 e. The van der Waals surface area contributed by atoms with Gasteiger partial charge in [-0.05, 0) is 24.6 Å². The maximum atomic E-state index is 12.1. The molecule has 1 unspecified atom stereocenters. The van der Waals surface area contributed by atoms with Crippen molar-refractivity contribution in [2.24, 2.45) is 0 Å². The number of fused-ring (bicyclic) bond motifs is 1. The Morgan fingerprint density at radius 3 is 3.00 bits per heavy atom. The molecular formula is C13H14N2O4. The van der Waals surface area contributed by atoms with E-state index in [0.717, 1.165) is 6.42 Å². The van der Waals surface area contributed by atoms with Crippen molar-refractivity contribution >= 4 is 11.8 Å². The zero-order valence-corrected chi connectivity index (χ0v) is 10.3. The topological polar surface area (TPSA) is 76.7 Å². The molecule has 2 N–H and O–H groups in total. The molecule has 1 atom stereocenters. The van der Waals surface area contributed by atoms with Crippen LogP contribution in [0.4, 0.5) is 0 Å². The minimum atomic E-state index is -0.196. The summed E-state index contributed by atoms with van der Waals surface area (Å²) in [5.74, 6) is 1.00.